The van der Waals surface area contributed by atoms with E-state index in [2.05, 4.69) is 6.92 Å². The van der Waals surface area contributed by atoms with Gasteiger partial charge >= 0.3 is 5.97 Å². The maximum atomic E-state index is 11.6. The molecule has 0 amide bonds. The summed E-state index contributed by atoms with van der Waals surface area (Å²) in [7, 11) is 1.68. The summed E-state index contributed by atoms with van der Waals surface area (Å²) in [4.78, 5) is 11.6. The monoisotopic (exact) mass is 398 g/mol. The molecule has 0 aromatic carbocycles. The van der Waals surface area contributed by atoms with Crippen LogP contribution in [0.4, 0.5) is 0 Å². The Labute approximate surface area is 176 Å². The predicted octanol–water partition coefficient (Wildman–Crippen LogP) is 8.00. The fourth-order valence-electron chi connectivity index (χ4n) is 3.52. The number of hydrogen-bond acceptors (Lipinski definition) is 3. The highest BCUT2D eigenvalue weighted by atomic mass is 16.5. The molecule has 28 heavy (non-hydrogen) atoms. The standard InChI is InChI=1S/C25H50O3/c1-4-5-6-7-8-9-10-11-12-13-14-15-16-17-18-19-20-21-25(26)28-23-22-24(2)27-3/h24H,4-23H2,1-3H3. The number of hydrogen-bond donors (Lipinski definition) is 0. The van der Waals surface area contributed by atoms with Crippen molar-refractivity contribution < 1.29 is 14.3 Å². The number of carbonyl (C=O) groups is 1. The molecule has 0 fully saturated rings. The van der Waals surface area contributed by atoms with E-state index in [-0.39, 0.29) is 12.1 Å². The third-order valence-electron chi connectivity index (χ3n) is 5.67. The van der Waals surface area contributed by atoms with Crippen molar-refractivity contribution in [1.82, 2.24) is 0 Å². The lowest BCUT2D eigenvalue weighted by Gasteiger charge is -2.09. The molecule has 0 aromatic heterocycles. The van der Waals surface area contributed by atoms with Crippen LogP contribution in [0.5, 0.6) is 0 Å². The second-order valence-corrected chi connectivity index (χ2v) is 8.46. The van der Waals surface area contributed by atoms with Crippen molar-refractivity contribution in [3.63, 3.8) is 0 Å². The Kier molecular flexibility index (Phi) is 22.3. The van der Waals surface area contributed by atoms with Crippen molar-refractivity contribution in [3.8, 4) is 0 Å². The van der Waals surface area contributed by atoms with Gasteiger partial charge < -0.3 is 9.47 Å². The molecule has 0 aliphatic rings. The fraction of sp³-hybridized carbons (Fsp3) is 0.960. The molecule has 0 N–H and O–H groups in total. The van der Waals surface area contributed by atoms with Crippen LogP contribution in [0.15, 0.2) is 0 Å². The first-order valence-corrected chi connectivity index (χ1v) is 12.4. The summed E-state index contributed by atoms with van der Waals surface area (Å²) in [5.41, 5.74) is 0. The maximum absolute atomic E-state index is 11.6. The molecule has 0 heterocycles. The normalized spacial score (nSPS) is 12.2. The zero-order valence-corrected chi connectivity index (χ0v) is 19.4. The lowest BCUT2D eigenvalue weighted by Crippen LogP contribution is -2.12. The molecule has 168 valence electrons. The highest BCUT2D eigenvalue weighted by Crippen LogP contribution is 2.14. The van der Waals surface area contributed by atoms with E-state index in [1.807, 2.05) is 6.92 Å². The molecule has 0 aromatic rings. The van der Waals surface area contributed by atoms with Crippen molar-refractivity contribution in [2.45, 2.75) is 142 Å². The number of rotatable bonds is 22. The molecule has 0 saturated heterocycles. The van der Waals surface area contributed by atoms with Gasteiger partial charge in [-0.25, -0.2) is 0 Å². The average Bonchev–Trinajstić information content (AvgIpc) is 2.70. The van der Waals surface area contributed by atoms with Gasteiger partial charge in [0, 0.05) is 20.0 Å². The Morgan fingerprint density at radius 2 is 1.07 bits per heavy atom. The zero-order valence-electron chi connectivity index (χ0n) is 19.4. The molecule has 0 saturated carbocycles. The molecule has 0 radical (unpaired) electrons. The van der Waals surface area contributed by atoms with Crippen LogP contribution in [-0.4, -0.2) is 25.8 Å². The zero-order chi connectivity index (χ0) is 20.7. The molecule has 0 aliphatic heterocycles. The van der Waals surface area contributed by atoms with Gasteiger partial charge in [0.25, 0.3) is 0 Å². The third kappa shape index (κ3) is 21.7. The molecular formula is C25H50O3. The first-order chi connectivity index (χ1) is 13.7. The van der Waals surface area contributed by atoms with Gasteiger partial charge in [-0.3, -0.25) is 4.79 Å². The molecule has 0 aliphatic carbocycles. The largest absolute Gasteiger partial charge is 0.466 e. The third-order valence-corrected chi connectivity index (χ3v) is 5.67. The number of esters is 1. The average molecular weight is 399 g/mol. The molecule has 0 bridgehead atoms. The van der Waals surface area contributed by atoms with Crippen molar-refractivity contribution in [1.29, 1.82) is 0 Å². The number of ether oxygens (including phenoxy) is 2. The van der Waals surface area contributed by atoms with Crippen LogP contribution >= 0.6 is 0 Å². The molecule has 3 nitrogen and oxygen atoms in total. The first kappa shape index (κ1) is 27.4. The number of carbonyl (C=O) groups excluding carboxylic acids is 1. The second kappa shape index (κ2) is 22.7. The van der Waals surface area contributed by atoms with Gasteiger partial charge in [0.15, 0.2) is 0 Å². The first-order valence-electron chi connectivity index (χ1n) is 12.4. The summed E-state index contributed by atoms with van der Waals surface area (Å²) in [5, 5.41) is 0. The van der Waals surface area contributed by atoms with Gasteiger partial charge in [-0.1, -0.05) is 110 Å². The fourth-order valence-corrected chi connectivity index (χ4v) is 3.52. The van der Waals surface area contributed by atoms with Gasteiger partial charge in [0.2, 0.25) is 0 Å². The number of unbranched alkanes of at least 4 members (excludes halogenated alkanes) is 16. The molecule has 0 spiro atoms. The number of methoxy groups -OCH3 is 1. The maximum Gasteiger partial charge on any atom is 0.305 e. The summed E-state index contributed by atoms with van der Waals surface area (Å²) < 4.78 is 10.4. The van der Waals surface area contributed by atoms with E-state index in [4.69, 9.17) is 9.47 Å². The topological polar surface area (TPSA) is 35.5 Å². The van der Waals surface area contributed by atoms with Gasteiger partial charge in [-0.05, 0) is 13.3 Å². The smallest absolute Gasteiger partial charge is 0.305 e. The molecular weight excluding hydrogens is 348 g/mol. The van der Waals surface area contributed by atoms with E-state index in [9.17, 15) is 4.79 Å². The minimum absolute atomic E-state index is 0.0516. The van der Waals surface area contributed by atoms with Crippen molar-refractivity contribution in [2.75, 3.05) is 13.7 Å². The van der Waals surface area contributed by atoms with E-state index < -0.39 is 0 Å². The predicted molar refractivity (Wildman–Crippen MR) is 121 cm³/mol. The van der Waals surface area contributed by atoms with E-state index in [0.29, 0.717) is 13.0 Å². The van der Waals surface area contributed by atoms with Gasteiger partial charge in [0.05, 0.1) is 12.7 Å². The summed E-state index contributed by atoms with van der Waals surface area (Å²) >= 11 is 0. The Morgan fingerprint density at radius 3 is 1.46 bits per heavy atom. The van der Waals surface area contributed by atoms with E-state index >= 15 is 0 Å². The molecule has 1 atom stereocenters. The minimum Gasteiger partial charge on any atom is -0.466 e. The van der Waals surface area contributed by atoms with Gasteiger partial charge in [0.1, 0.15) is 0 Å². The van der Waals surface area contributed by atoms with E-state index in [1.165, 1.54) is 96.3 Å². The van der Waals surface area contributed by atoms with Crippen molar-refractivity contribution >= 4 is 5.97 Å². The van der Waals surface area contributed by atoms with Crippen molar-refractivity contribution in [3.05, 3.63) is 0 Å². The van der Waals surface area contributed by atoms with E-state index in [0.717, 1.165) is 19.3 Å². The lowest BCUT2D eigenvalue weighted by atomic mass is 10.0. The highest BCUT2D eigenvalue weighted by molar-refractivity contribution is 5.69. The second-order valence-electron chi connectivity index (χ2n) is 8.46. The van der Waals surface area contributed by atoms with Crippen LogP contribution in [0.1, 0.15) is 136 Å². The summed E-state index contributed by atoms with van der Waals surface area (Å²) in [6.07, 6.45) is 24.6. The molecule has 1 unspecified atom stereocenters. The van der Waals surface area contributed by atoms with Crippen molar-refractivity contribution in [2.24, 2.45) is 0 Å². The van der Waals surface area contributed by atoms with Crippen LogP contribution < -0.4 is 0 Å². The summed E-state index contributed by atoms with van der Waals surface area (Å²) in [5.74, 6) is -0.0516. The van der Waals surface area contributed by atoms with Crippen LogP contribution in [-0.2, 0) is 14.3 Å². The summed E-state index contributed by atoms with van der Waals surface area (Å²) in [6.45, 7) is 4.75. The highest BCUT2D eigenvalue weighted by Gasteiger charge is 2.05. The van der Waals surface area contributed by atoms with E-state index in [1.54, 1.807) is 7.11 Å². The van der Waals surface area contributed by atoms with Crippen LogP contribution in [0.2, 0.25) is 0 Å². The van der Waals surface area contributed by atoms with Gasteiger partial charge in [-0.2, -0.15) is 0 Å². The Balaban J connectivity index is 3.12. The molecule has 0 rings (SSSR count). The molecule has 3 heteroatoms. The summed E-state index contributed by atoms with van der Waals surface area (Å²) in [6, 6.07) is 0. The van der Waals surface area contributed by atoms with Gasteiger partial charge in [-0.15, -0.1) is 0 Å². The Hall–Kier alpha value is -0.570. The SMILES string of the molecule is CCCCCCCCCCCCCCCCCCCC(=O)OCCC(C)OC. The van der Waals surface area contributed by atoms with Crippen LogP contribution in [0.25, 0.3) is 0 Å². The quantitative estimate of drug-likeness (QED) is 0.137. The van der Waals surface area contributed by atoms with Crippen LogP contribution in [0.3, 0.4) is 0 Å². The lowest BCUT2D eigenvalue weighted by molar-refractivity contribution is -0.144. The Morgan fingerprint density at radius 1 is 0.679 bits per heavy atom. The Bertz CT molecular complexity index is 317. The van der Waals surface area contributed by atoms with Crippen LogP contribution in [0, 0.1) is 0 Å². The minimum atomic E-state index is -0.0516.